The second-order valence-corrected chi connectivity index (χ2v) is 9.90. The predicted molar refractivity (Wildman–Crippen MR) is 105 cm³/mol. The summed E-state index contributed by atoms with van der Waals surface area (Å²) in [6.45, 7) is 8.01. The van der Waals surface area contributed by atoms with Crippen molar-refractivity contribution in [3.8, 4) is 0 Å². The fraction of sp³-hybridized carbons (Fsp3) is 0.667. The van der Waals surface area contributed by atoms with E-state index in [1.54, 1.807) is 6.07 Å². The average Bonchev–Trinajstić information content (AvgIpc) is 2.61. The molecule has 0 radical (unpaired) electrons. The minimum absolute atomic E-state index is 0.00776. The molecule has 1 aromatic rings. The lowest BCUT2D eigenvalue weighted by molar-refractivity contribution is -0.384. The van der Waals surface area contributed by atoms with Crippen molar-refractivity contribution in [1.82, 2.24) is 9.21 Å². The number of rotatable bonds is 4. The van der Waals surface area contributed by atoms with Gasteiger partial charge in [0.2, 0.25) is 10.0 Å². The molecule has 2 atom stereocenters. The summed E-state index contributed by atoms with van der Waals surface area (Å²) in [4.78, 5) is 15.3. The first-order valence-corrected chi connectivity index (χ1v) is 10.8. The number of anilines is 1. The van der Waals surface area contributed by atoms with Crippen molar-refractivity contribution in [2.45, 2.75) is 25.2 Å². The summed E-state index contributed by atoms with van der Waals surface area (Å²) in [5.74, 6) is 0.561. The van der Waals surface area contributed by atoms with E-state index in [1.807, 2.05) is 25.8 Å². The highest BCUT2D eigenvalue weighted by molar-refractivity contribution is 7.89. The maximum absolute atomic E-state index is 13.1. The lowest BCUT2D eigenvalue weighted by Gasteiger charge is -2.35. The van der Waals surface area contributed by atoms with Crippen molar-refractivity contribution in [1.29, 1.82) is 0 Å². The summed E-state index contributed by atoms with van der Waals surface area (Å²) in [5.41, 5.74) is 0.353. The molecule has 150 valence electrons. The van der Waals surface area contributed by atoms with Crippen LogP contribution in [0.4, 0.5) is 11.4 Å². The van der Waals surface area contributed by atoms with Crippen LogP contribution in [0.3, 0.4) is 0 Å². The van der Waals surface area contributed by atoms with Crippen molar-refractivity contribution in [2.24, 2.45) is 11.8 Å². The van der Waals surface area contributed by atoms with E-state index in [2.05, 4.69) is 4.90 Å². The van der Waals surface area contributed by atoms with E-state index >= 15 is 0 Å². The molecule has 0 spiro atoms. The summed E-state index contributed by atoms with van der Waals surface area (Å²) < 4.78 is 27.6. The van der Waals surface area contributed by atoms with Crippen molar-refractivity contribution < 1.29 is 13.3 Å². The SMILES string of the molecule is C[C@@H]1C[C@@H](C)CN(S(=O)(=O)c2ccc(N3CCN(C)CC3)c([N+](=O)[O-])c2)C1. The van der Waals surface area contributed by atoms with Crippen LogP contribution in [0.15, 0.2) is 23.1 Å². The molecule has 8 nitrogen and oxygen atoms in total. The molecule has 2 aliphatic heterocycles. The lowest BCUT2D eigenvalue weighted by atomic mass is 9.94. The summed E-state index contributed by atoms with van der Waals surface area (Å²) >= 11 is 0. The molecule has 0 amide bonds. The van der Waals surface area contributed by atoms with Crippen molar-refractivity contribution in [2.75, 3.05) is 51.2 Å². The molecule has 0 saturated carbocycles. The zero-order valence-electron chi connectivity index (χ0n) is 16.2. The molecule has 1 aromatic carbocycles. The Morgan fingerprint density at radius 2 is 1.67 bits per heavy atom. The Morgan fingerprint density at radius 3 is 2.22 bits per heavy atom. The third-order valence-corrected chi connectivity index (χ3v) is 7.29. The molecule has 9 heteroatoms. The Balaban J connectivity index is 1.92. The van der Waals surface area contributed by atoms with Gasteiger partial charge in [0.05, 0.1) is 9.82 Å². The Morgan fingerprint density at radius 1 is 1.07 bits per heavy atom. The van der Waals surface area contributed by atoms with Crippen LogP contribution in [0, 0.1) is 22.0 Å². The van der Waals surface area contributed by atoms with Crippen molar-refractivity contribution in [3.63, 3.8) is 0 Å². The van der Waals surface area contributed by atoms with Gasteiger partial charge in [-0.05, 0) is 37.4 Å². The normalized spacial score (nSPS) is 25.5. The molecule has 0 aliphatic carbocycles. The standard InChI is InChI=1S/C18H28N4O4S/c1-14-10-15(2)13-21(12-14)27(25,26)16-4-5-17(18(11-16)22(23)24)20-8-6-19(3)7-9-20/h4-5,11,14-15H,6-10,12-13H2,1-3H3/t14-,15-/m1/s1. The van der Waals surface area contributed by atoms with Crippen LogP contribution >= 0.6 is 0 Å². The number of benzene rings is 1. The second-order valence-electron chi connectivity index (χ2n) is 7.97. The van der Waals surface area contributed by atoms with Crippen LogP contribution in [-0.4, -0.2) is 68.9 Å². The molecule has 0 aromatic heterocycles. The molecule has 2 aliphatic rings. The van der Waals surface area contributed by atoms with Crippen LogP contribution in [-0.2, 0) is 10.0 Å². The first kappa shape index (κ1) is 20.0. The van der Waals surface area contributed by atoms with E-state index in [4.69, 9.17) is 0 Å². The van der Waals surface area contributed by atoms with Crippen LogP contribution in [0.5, 0.6) is 0 Å². The topological polar surface area (TPSA) is 87.0 Å². The van der Waals surface area contributed by atoms with Crippen LogP contribution in [0.1, 0.15) is 20.3 Å². The number of hydrogen-bond donors (Lipinski definition) is 0. The molecule has 2 saturated heterocycles. The number of hydrogen-bond acceptors (Lipinski definition) is 6. The largest absolute Gasteiger partial charge is 0.363 e. The molecular formula is C18H28N4O4S. The number of piperazine rings is 1. The number of nitro groups is 1. The van der Waals surface area contributed by atoms with Gasteiger partial charge in [0.15, 0.2) is 0 Å². The Labute approximate surface area is 160 Å². The minimum Gasteiger partial charge on any atom is -0.363 e. The van der Waals surface area contributed by atoms with Gasteiger partial charge in [0, 0.05) is 45.3 Å². The van der Waals surface area contributed by atoms with Crippen molar-refractivity contribution >= 4 is 21.4 Å². The number of likely N-dealkylation sites (N-methyl/N-ethyl adjacent to an activating group) is 1. The van der Waals surface area contributed by atoms with Gasteiger partial charge in [-0.1, -0.05) is 13.8 Å². The van der Waals surface area contributed by atoms with Crippen LogP contribution in [0.2, 0.25) is 0 Å². The number of piperidine rings is 1. The third kappa shape index (κ3) is 4.25. The highest BCUT2D eigenvalue weighted by Crippen LogP contribution is 2.34. The maximum atomic E-state index is 13.1. The first-order valence-electron chi connectivity index (χ1n) is 9.40. The quantitative estimate of drug-likeness (QED) is 0.572. The maximum Gasteiger partial charge on any atom is 0.293 e. The summed E-state index contributed by atoms with van der Waals surface area (Å²) in [6, 6.07) is 4.33. The van der Waals surface area contributed by atoms with Crippen LogP contribution in [0.25, 0.3) is 0 Å². The van der Waals surface area contributed by atoms with Gasteiger partial charge in [0.25, 0.3) is 5.69 Å². The Hall–Kier alpha value is -1.71. The fourth-order valence-corrected chi connectivity index (χ4v) is 5.78. The van der Waals surface area contributed by atoms with Crippen LogP contribution < -0.4 is 4.90 Å². The van der Waals surface area contributed by atoms with E-state index in [9.17, 15) is 18.5 Å². The summed E-state index contributed by atoms with van der Waals surface area (Å²) in [6.07, 6.45) is 0.995. The molecule has 2 fully saturated rings. The van der Waals surface area contributed by atoms with E-state index in [0.29, 0.717) is 31.9 Å². The monoisotopic (exact) mass is 396 g/mol. The number of nitro benzene ring substituents is 1. The molecule has 0 bridgehead atoms. The van der Waals surface area contributed by atoms with Gasteiger partial charge in [-0.3, -0.25) is 10.1 Å². The highest BCUT2D eigenvalue weighted by Gasteiger charge is 2.33. The first-order chi connectivity index (χ1) is 12.7. The van der Waals surface area contributed by atoms with Gasteiger partial charge in [-0.2, -0.15) is 4.31 Å². The zero-order chi connectivity index (χ0) is 19.8. The number of nitrogens with zero attached hydrogens (tertiary/aromatic N) is 4. The van der Waals surface area contributed by atoms with Gasteiger partial charge < -0.3 is 9.80 Å². The third-order valence-electron chi connectivity index (χ3n) is 5.46. The van der Waals surface area contributed by atoms with E-state index < -0.39 is 14.9 Å². The number of sulfonamides is 1. The average molecular weight is 397 g/mol. The Bertz CT molecular complexity index is 796. The Kier molecular flexibility index (Phi) is 5.73. The van der Waals surface area contributed by atoms with Gasteiger partial charge in [-0.15, -0.1) is 0 Å². The molecule has 2 heterocycles. The van der Waals surface area contributed by atoms with Gasteiger partial charge in [-0.25, -0.2) is 8.42 Å². The predicted octanol–water partition coefficient (Wildman–Crippen LogP) is 2.01. The second kappa shape index (κ2) is 7.73. The minimum atomic E-state index is -3.74. The summed E-state index contributed by atoms with van der Waals surface area (Å²) in [5, 5.41) is 11.6. The van der Waals surface area contributed by atoms with E-state index in [1.165, 1.54) is 16.4 Å². The molecule has 0 unspecified atom stereocenters. The van der Waals surface area contributed by atoms with Gasteiger partial charge in [0.1, 0.15) is 5.69 Å². The van der Waals surface area contributed by atoms with E-state index in [-0.39, 0.29) is 22.4 Å². The smallest absolute Gasteiger partial charge is 0.293 e. The molecule has 0 N–H and O–H groups in total. The molecule has 3 rings (SSSR count). The molecule has 27 heavy (non-hydrogen) atoms. The molecular weight excluding hydrogens is 368 g/mol. The highest BCUT2D eigenvalue weighted by atomic mass is 32.2. The van der Waals surface area contributed by atoms with Crippen molar-refractivity contribution in [3.05, 3.63) is 28.3 Å². The van der Waals surface area contributed by atoms with E-state index in [0.717, 1.165) is 19.5 Å². The fourth-order valence-electron chi connectivity index (χ4n) is 4.08. The zero-order valence-corrected chi connectivity index (χ0v) is 17.0. The summed E-state index contributed by atoms with van der Waals surface area (Å²) in [7, 11) is -1.72. The lowest BCUT2D eigenvalue weighted by Crippen LogP contribution is -2.44. The van der Waals surface area contributed by atoms with Gasteiger partial charge >= 0.3 is 0 Å².